The predicted molar refractivity (Wildman–Crippen MR) is 70.0 cm³/mol. The zero-order valence-electron chi connectivity index (χ0n) is 7.79. The van der Waals surface area contributed by atoms with E-state index in [2.05, 4.69) is 68.3 Å². The summed E-state index contributed by atoms with van der Waals surface area (Å²) in [5.41, 5.74) is 2.77. The smallest absolute Gasteiger partial charge is 0.00864 e. The van der Waals surface area contributed by atoms with Crippen molar-refractivity contribution in [3.63, 3.8) is 0 Å². The summed E-state index contributed by atoms with van der Waals surface area (Å²) in [5, 5.41) is 0. The van der Waals surface area contributed by atoms with Crippen LogP contribution in [0.25, 0.3) is 0 Å². The molecule has 0 saturated heterocycles. The lowest BCUT2D eigenvalue weighted by atomic mass is 10.0. The second kappa shape index (κ2) is 7.02. The van der Waals surface area contributed by atoms with E-state index in [0.29, 0.717) is 0 Å². The minimum absolute atomic E-state index is 0.984. The fourth-order valence-corrected chi connectivity index (χ4v) is 1.67. The van der Waals surface area contributed by atoms with Crippen LogP contribution in [0.2, 0.25) is 0 Å². The van der Waals surface area contributed by atoms with Crippen molar-refractivity contribution in [1.82, 2.24) is 0 Å². The number of allylic oxidation sites excluding steroid dienone is 2. The molecular weight excluding hydrogens is 304 g/mol. The Morgan fingerprint density at radius 3 is 1.64 bits per heavy atom. The van der Waals surface area contributed by atoms with Gasteiger partial charge in [-0.3, -0.25) is 0 Å². The fourth-order valence-electron chi connectivity index (χ4n) is 1.30. The van der Waals surface area contributed by atoms with Gasteiger partial charge >= 0.3 is 0 Å². The maximum atomic E-state index is 3.28. The standard InChI is InChI=1S/C12H12Br2/c13-9-3-7-11-5-1-2-6-12(11)8-4-10-14/h1-6,9-10H,7-8H2. The molecule has 0 nitrogen and oxygen atoms in total. The van der Waals surface area contributed by atoms with E-state index in [1.807, 2.05) is 9.97 Å². The molecule has 0 radical (unpaired) electrons. The molecular formula is C12H12Br2. The lowest BCUT2D eigenvalue weighted by Crippen LogP contribution is -1.90. The van der Waals surface area contributed by atoms with Gasteiger partial charge in [-0.2, -0.15) is 0 Å². The van der Waals surface area contributed by atoms with E-state index in [1.54, 1.807) is 0 Å². The average Bonchev–Trinajstić information content (AvgIpc) is 2.24. The van der Waals surface area contributed by atoms with Crippen LogP contribution in [0.5, 0.6) is 0 Å². The molecule has 0 aliphatic rings. The second-order valence-electron chi connectivity index (χ2n) is 2.90. The van der Waals surface area contributed by atoms with E-state index in [0.717, 1.165) is 12.8 Å². The summed E-state index contributed by atoms with van der Waals surface area (Å²) in [6.45, 7) is 0. The Morgan fingerprint density at radius 1 is 0.857 bits per heavy atom. The molecule has 0 aliphatic carbocycles. The lowest BCUT2D eigenvalue weighted by Gasteiger charge is -2.04. The van der Waals surface area contributed by atoms with Gasteiger partial charge in [-0.15, -0.1) is 0 Å². The predicted octanol–water partition coefficient (Wildman–Crippen LogP) is 4.59. The molecule has 0 amide bonds. The van der Waals surface area contributed by atoms with Crippen LogP contribution in [0.4, 0.5) is 0 Å². The molecule has 0 heterocycles. The first kappa shape index (κ1) is 11.7. The summed E-state index contributed by atoms with van der Waals surface area (Å²) in [4.78, 5) is 3.81. The second-order valence-corrected chi connectivity index (χ2v) is 3.96. The van der Waals surface area contributed by atoms with Crippen molar-refractivity contribution in [3.05, 3.63) is 57.5 Å². The van der Waals surface area contributed by atoms with Crippen molar-refractivity contribution in [2.75, 3.05) is 0 Å². The van der Waals surface area contributed by atoms with E-state index in [9.17, 15) is 0 Å². The van der Waals surface area contributed by atoms with E-state index >= 15 is 0 Å². The van der Waals surface area contributed by atoms with Gasteiger partial charge in [-0.1, -0.05) is 68.3 Å². The van der Waals surface area contributed by atoms with Gasteiger partial charge in [-0.05, 0) is 33.9 Å². The van der Waals surface area contributed by atoms with Crippen LogP contribution >= 0.6 is 31.9 Å². The number of halogens is 2. The first-order chi connectivity index (χ1) is 6.88. The van der Waals surface area contributed by atoms with Crippen LogP contribution in [0.3, 0.4) is 0 Å². The maximum absolute atomic E-state index is 3.28. The van der Waals surface area contributed by atoms with E-state index in [4.69, 9.17) is 0 Å². The first-order valence-corrected chi connectivity index (χ1v) is 6.29. The van der Waals surface area contributed by atoms with Crippen LogP contribution in [0, 0.1) is 0 Å². The third kappa shape index (κ3) is 3.81. The highest BCUT2D eigenvalue weighted by molar-refractivity contribution is 9.11. The monoisotopic (exact) mass is 314 g/mol. The quantitative estimate of drug-likeness (QED) is 0.762. The van der Waals surface area contributed by atoms with Crippen LogP contribution < -0.4 is 0 Å². The molecule has 0 unspecified atom stereocenters. The van der Waals surface area contributed by atoms with E-state index < -0.39 is 0 Å². The van der Waals surface area contributed by atoms with Crippen LogP contribution in [0.15, 0.2) is 46.4 Å². The van der Waals surface area contributed by atoms with Gasteiger partial charge in [-0.25, -0.2) is 0 Å². The Morgan fingerprint density at radius 2 is 1.29 bits per heavy atom. The number of hydrogen-bond donors (Lipinski definition) is 0. The summed E-state index contributed by atoms with van der Waals surface area (Å²) in [6, 6.07) is 8.51. The molecule has 74 valence electrons. The molecule has 2 heteroatoms. The topological polar surface area (TPSA) is 0 Å². The molecule has 14 heavy (non-hydrogen) atoms. The number of rotatable bonds is 4. The van der Waals surface area contributed by atoms with Crippen LogP contribution in [-0.2, 0) is 12.8 Å². The SMILES string of the molecule is BrC=CCc1ccccc1CC=CBr. The summed E-state index contributed by atoms with van der Waals surface area (Å²) < 4.78 is 0. The normalized spacial score (nSPS) is 11.6. The van der Waals surface area contributed by atoms with Crippen molar-refractivity contribution in [1.29, 1.82) is 0 Å². The Hall–Kier alpha value is -0.340. The maximum Gasteiger partial charge on any atom is -0.00864 e. The molecule has 0 aromatic heterocycles. The Kier molecular flexibility index (Phi) is 5.88. The minimum Gasteiger partial charge on any atom is -0.0732 e. The van der Waals surface area contributed by atoms with Gasteiger partial charge in [0.25, 0.3) is 0 Å². The Bertz CT molecular complexity index is 294. The zero-order valence-corrected chi connectivity index (χ0v) is 11.0. The molecule has 0 aliphatic heterocycles. The zero-order chi connectivity index (χ0) is 10.2. The fraction of sp³-hybridized carbons (Fsp3) is 0.167. The van der Waals surface area contributed by atoms with Gasteiger partial charge in [0.15, 0.2) is 0 Å². The van der Waals surface area contributed by atoms with Gasteiger partial charge in [0.2, 0.25) is 0 Å². The molecule has 0 fully saturated rings. The molecule has 0 bridgehead atoms. The minimum atomic E-state index is 0.984. The molecule has 0 N–H and O–H groups in total. The lowest BCUT2D eigenvalue weighted by molar-refractivity contribution is 1.15. The third-order valence-corrected chi connectivity index (χ3v) is 2.72. The van der Waals surface area contributed by atoms with Crippen LogP contribution in [-0.4, -0.2) is 0 Å². The van der Waals surface area contributed by atoms with Gasteiger partial charge in [0, 0.05) is 0 Å². The Balaban J connectivity index is 2.79. The first-order valence-electron chi connectivity index (χ1n) is 4.45. The average molecular weight is 316 g/mol. The molecule has 1 rings (SSSR count). The van der Waals surface area contributed by atoms with Gasteiger partial charge in [0.05, 0.1) is 0 Å². The van der Waals surface area contributed by atoms with E-state index in [-0.39, 0.29) is 0 Å². The van der Waals surface area contributed by atoms with Gasteiger partial charge < -0.3 is 0 Å². The third-order valence-electron chi connectivity index (χ3n) is 1.97. The van der Waals surface area contributed by atoms with Crippen molar-refractivity contribution in [2.45, 2.75) is 12.8 Å². The van der Waals surface area contributed by atoms with E-state index in [1.165, 1.54) is 11.1 Å². The van der Waals surface area contributed by atoms with Crippen molar-refractivity contribution in [2.24, 2.45) is 0 Å². The summed E-state index contributed by atoms with van der Waals surface area (Å²) in [7, 11) is 0. The van der Waals surface area contributed by atoms with Crippen molar-refractivity contribution < 1.29 is 0 Å². The summed E-state index contributed by atoms with van der Waals surface area (Å²) in [5.74, 6) is 0. The molecule has 1 aromatic rings. The van der Waals surface area contributed by atoms with Crippen molar-refractivity contribution >= 4 is 31.9 Å². The Labute approximate surface area is 102 Å². The summed E-state index contributed by atoms with van der Waals surface area (Å²) >= 11 is 6.56. The van der Waals surface area contributed by atoms with Crippen LogP contribution in [0.1, 0.15) is 11.1 Å². The highest BCUT2D eigenvalue weighted by Gasteiger charge is 1.97. The molecule has 0 atom stereocenters. The highest BCUT2D eigenvalue weighted by atomic mass is 79.9. The summed E-state index contributed by atoms with van der Waals surface area (Å²) in [6.07, 6.45) is 6.18. The molecule has 0 saturated carbocycles. The number of hydrogen-bond acceptors (Lipinski definition) is 0. The van der Waals surface area contributed by atoms with Crippen molar-refractivity contribution in [3.8, 4) is 0 Å². The molecule has 0 spiro atoms. The highest BCUT2D eigenvalue weighted by Crippen LogP contribution is 2.12. The molecule has 1 aromatic carbocycles. The van der Waals surface area contributed by atoms with Gasteiger partial charge in [0.1, 0.15) is 0 Å². The largest absolute Gasteiger partial charge is 0.0732 e. The number of benzene rings is 1.